The van der Waals surface area contributed by atoms with E-state index in [4.69, 9.17) is 14.2 Å². The van der Waals surface area contributed by atoms with Gasteiger partial charge in [-0.25, -0.2) is 0 Å². The summed E-state index contributed by atoms with van der Waals surface area (Å²) in [5, 5.41) is 2.34. The molecule has 2 aromatic carbocycles. The number of carbonyl (C=O) groups excluding carboxylic acids is 3. The Kier molecular flexibility index (Phi) is 7.99. The lowest BCUT2D eigenvalue weighted by Gasteiger charge is -2.22. The number of benzene rings is 2. The van der Waals surface area contributed by atoms with Crippen molar-refractivity contribution in [3.05, 3.63) is 48.0 Å². The number of ether oxygens (including phenoxy) is 3. The van der Waals surface area contributed by atoms with E-state index in [1.54, 1.807) is 32.9 Å². The molecule has 0 saturated heterocycles. The van der Waals surface area contributed by atoms with Crippen LogP contribution in [0.15, 0.2) is 47.4 Å². The van der Waals surface area contributed by atoms with Crippen LogP contribution in [0.4, 0.5) is 5.69 Å². The number of methoxy groups -OCH3 is 2. The van der Waals surface area contributed by atoms with Crippen LogP contribution < -0.4 is 19.7 Å². The maximum absolute atomic E-state index is 13.2. The molecule has 0 bridgehead atoms. The quantitative estimate of drug-likeness (QED) is 0.608. The molecule has 9 heteroatoms. The van der Waals surface area contributed by atoms with Gasteiger partial charge in [0.05, 0.1) is 26.5 Å². The van der Waals surface area contributed by atoms with Crippen LogP contribution in [0.2, 0.25) is 0 Å². The first-order valence-electron chi connectivity index (χ1n) is 10.2. The number of hydrogen-bond donors (Lipinski definition) is 1. The van der Waals surface area contributed by atoms with Gasteiger partial charge in [-0.1, -0.05) is 18.2 Å². The van der Waals surface area contributed by atoms with Gasteiger partial charge in [0.25, 0.3) is 0 Å². The Bertz CT molecular complexity index is 996. The van der Waals surface area contributed by atoms with E-state index in [1.807, 2.05) is 42.5 Å². The molecule has 1 aliphatic heterocycles. The smallest absolute Gasteiger partial charge is 0.325 e. The van der Waals surface area contributed by atoms with Crippen LogP contribution in [0.1, 0.15) is 24.2 Å². The molecule has 3 rings (SSSR count). The normalized spacial score (nSPS) is 15.4. The van der Waals surface area contributed by atoms with Crippen LogP contribution >= 0.6 is 11.8 Å². The Labute approximate surface area is 191 Å². The summed E-state index contributed by atoms with van der Waals surface area (Å²) >= 11 is 1.56. The van der Waals surface area contributed by atoms with Crippen molar-refractivity contribution in [3.8, 4) is 11.5 Å². The highest BCUT2D eigenvalue weighted by Gasteiger charge is 2.31. The van der Waals surface area contributed by atoms with Crippen LogP contribution in [-0.2, 0) is 19.1 Å². The van der Waals surface area contributed by atoms with Gasteiger partial charge in [-0.15, -0.1) is 11.8 Å². The number of esters is 1. The molecular formula is C23H26N2O6S. The SMILES string of the molecule is CCOC(=O)CNC(=O)CN1C(=O)C[C@H](c2ccc(OC)c(OC)c2)Sc2ccccc21. The molecule has 0 spiro atoms. The van der Waals surface area contributed by atoms with E-state index in [2.05, 4.69) is 5.32 Å². The minimum atomic E-state index is -0.521. The van der Waals surface area contributed by atoms with E-state index in [1.165, 1.54) is 4.90 Å². The number of nitrogens with one attached hydrogen (secondary N) is 1. The summed E-state index contributed by atoms with van der Waals surface area (Å²) in [5.41, 5.74) is 1.58. The summed E-state index contributed by atoms with van der Waals surface area (Å²) in [6.07, 6.45) is 0.194. The summed E-state index contributed by atoms with van der Waals surface area (Å²) in [6, 6.07) is 13.1. The summed E-state index contributed by atoms with van der Waals surface area (Å²) in [7, 11) is 3.14. The number of fused-ring (bicyclic) bond motifs is 1. The van der Waals surface area contributed by atoms with Gasteiger partial charge in [0.15, 0.2) is 11.5 Å². The first-order valence-corrected chi connectivity index (χ1v) is 11.0. The Hall–Kier alpha value is -3.20. The number of carbonyl (C=O) groups is 3. The third-order valence-corrected chi connectivity index (χ3v) is 6.23. The standard InChI is InChI=1S/C23H26N2O6S/c1-4-31-23(28)13-24-21(26)14-25-16-7-5-6-8-19(16)32-20(12-22(25)27)15-9-10-17(29-2)18(11-15)30-3/h5-11,20H,4,12-14H2,1-3H3,(H,24,26)/t20-/m1/s1. The van der Waals surface area contributed by atoms with E-state index >= 15 is 0 Å². The van der Waals surface area contributed by atoms with Gasteiger partial charge >= 0.3 is 5.97 Å². The van der Waals surface area contributed by atoms with Crippen LogP contribution in [0.3, 0.4) is 0 Å². The third-order valence-electron chi connectivity index (χ3n) is 4.90. The molecule has 1 N–H and O–H groups in total. The van der Waals surface area contributed by atoms with Gasteiger partial charge in [0.2, 0.25) is 11.8 Å². The van der Waals surface area contributed by atoms with Gasteiger partial charge in [-0.3, -0.25) is 14.4 Å². The lowest BCUT2D eigenvalue weighted by Crippen LogP contribution is -2.42. The van der Waals surface area contributed by atoms with Gasteiger partial charge in [0, 0.05) is 16.6 Å². The fourth-order valence-electron chi connectivity index (χ4n) is 3.37. The number of amides is 2. The van der Waals surface area contributed by atoms with Crippen molar-refractivity contribution in [2.45, 2.75) is 23.5 Å². The summed E-state index contributed by atoms with van der Waals surface area (Å²) < 4.78 is 15.5. The van der Waals surface area contributed by atoms with Crippen LogP contribution in [0.25, 0.3) is 0 Å². The van der Waals surface area contributed by atoms with Gasteiger partial charge in [-0.2, -0.15) is 0 Å². The lowest BCUT2D eigenvalue weighted by atomic mass is 10.1. The van der Waals surface area contributed by atoms with Crippen LogP contribution in [-0.4, -0.2) is 51.7 Å². The molecule has 2 aromatic rings. The second-order valence-electron chi connectivity index (χ2n) is 6.95. The lowest BCUT2D eigenvalue weighted by molar-refractivity contribution is -0.143. The Balaban J connectivity index is 1.82. The van der Waals surface area contributed by atoms with E-state index in [9.17, 15) is 14.4 Å². The molecule has 1 atom stereocenters. The largest absolute Gasteiger partial charge is 0.493 e. The fourth-order valence-corrected chi connectivity index (χ4v) is 4.64. The van der Waals surface area contributed by atoms with Crippen LogP contribution in [0, 0.1) is 0 Å². The molecule has 32 heavy (non-hydrogen) atoms. The molecular weight excluding hydrogens is 432 g/mol. The third kappa shape index (κ3) is 5.53. The number of anilines is 1. The first kappa shape index (κ1) is 23.5. The minimum absolute atomic E-state index is 0.170. The van der Waals surface area contributed by atoms with Crippen molar-refractivity contribution in [1.29, 1.82) is 0 Å². The fraction of sp³-hybridized carbons (Fsp3) is 0.348. The zero-order chi connectivity index (χ0) is 23.1. The molecule has 0 aliphatic carbocycles. The van der Waals surface area contributed by atoms with E-state index in [0.717, 1.165) is 10.5 Å². The molecule has 1 aliphatic rings. The number of nitrogens with zero attached hydrogens (tertiary/aromatic N) is 1. The van der Waals surface area contributed by atoms with E-state index in [0.29, 0.717) is 17.2 Å². The Morgan fingerprint density at radius 1 is 1.12 bits per heavy atom. The average Bonchev–Trinajstić information content (AvgIpc) is 2.94. The number of para-hydroxylation sites is 1. The van der Waals surface area contributed by atoms with E-state index < -0.39 is 11.9 Å². The van der Waals surface area contributed by atoms with E-state index in [-0.39, 0.29) is 37.3 Å². The number of rotatable bonds is 8. The molecule has 1 heterocycles. The number of hydrogen-bond acceptors (Lipinski definition) is 7. The van der Waals surface area contributed by atoms with Gasteiger partial charge < -0.3 is 24.4 Å². The highest BCUT2D eigenvalue weighted by Crippen LogP contribution is 2.46. The molecule has 8 nitrogen and oxygen atoms in total. The number of thioether (sulfide) groups is 1. The highest BCUT2D eigenvalue weighted by atomic mass is 32.2. The molecule has 0 fully saturated rings. The summed E-state index contributed by atoms with van der Waals surface area (Å²) in [5.74, 6) is 0.0593. The predicted octanol–water partition coefficient (Wildman–Crippen LogP) is 2.95. The van der Waals surface area contributed by atoms with Gasteiger partial charge in [0.1, 0.15) is 13.1 Å². The minimum Gasteiger partial charge on any atom is -0.493 e. The zero-order valence-corrected chi connectivity index (χ0v) is 19.1. The molecule has 0 aromatic heterocycles. The first-order chi connectivity index (χ1) is 15.5. The maximum atomic E-state index is 13.2. The van der Waals surface area contributed by atoms with Crippen molar-refractivity contribution in [2.75, 3.05) is 38.8 Å². The Morgan fingerprint density at radius 2 is 1.88 bits per heavy atom. The topological polar surface area (TPSA) is 94.2 Å². The molecule has 170 valence electrons. The zero-order valence-electron chi connectivity index (χ0n) is 18.3. The molecule has 2 amide bonds. The molecule has 0 radical (unpaired) electrons. The molecule has 0 unspecified atom stereocenters. The van der Waals surface area contributed by atoms with Crippen molar-refractivity contribution in [1.82, 2.24) is 5.32 Å². The maximum Gasteiger partial charge on any atom is 0.325 e. The monoisotopic (exact) mass is 458 g/mol. The van der Waals surface area contributed by atoms with Gasteiger partial charge in [-0.05, 0) is 36.8 Å². The van der Waals surface area contributed by atoms with Crippen molar-refractivity contribution < 1.29 is 28.6 Å². The van der Waals surface area contributed by atoms with Crippen molar-refractivity contribution in [2.24, 2.45) is 0 Å². The van der Waals surface area contributed by atoms with Crippen molar-refractivity contribution >= 4 is 35.2 Å². The Morgan fingerprint density at radius 3 is 2.59 bits per heavy atom. The second-order valence-corrected chi connectivity index (χ2v) is 8.20. The van der Waals surface area contributed by atoms with Crippen molar-refractivity contribution in [3.63, 3.8) is 0 Å². The highest BCUT2D eigenvalue weighted by molar-refractivity contribution is 7.99. The predicted molar refractivity (Wildman–Crippen MR) is 121 cm³/mol. The summed E-state index contributed by atoms with van der Waals surface area (Å²) in [4.78, 5) is 39.5. The summed E-state index contributed by atoms with van der Waals surface area (Å²) in [6.45, 7) is 1.51. The van der Waals surface area contributed by atoms with Crippen LogP contribution in [0.5, 0.6) is 11.5 Å². The average molecular weight is 459 g/mol. The second kappa shape index (κ2) is 10.9. The molecule has 0 saturated carbocycles.